The summed E-state index contributed by atoms with van der Waals surface area (Å²) in [4.78, 5) is 11.9. The summed E-state index contributed by atoms with van der Waals surface area (Å²) in [5.41, 5.74) is 0.213. The van der Waals surface area contributed by atoms with Crippen LogP contribution in [0.5, 0.6) is 0 Å². The molecule has 0 aromatic heterocycles. The molecule has 0 heterocycles. The molecule has 0 radical (unpaired) electrons. The fourth-order valence-corrected chi connectivity index (χ4v) is 4.97. The van der Waals surface area contributed by atoms with Gasteiger partial charge in [0.15, 0.2) is 0 Å². The molecule has 0 spiro atoms. The first-order chi connectivity index (χ1) is 8.96. The van der Waals surface area contributed by atoms with Gasteiger partial charge in [-0.05, 0) is 57.8 Å². The van der Waals surface area contributed by atoms with Gasteiger partial charge in [-0.3, -0.25) is 0 Å². The predicted molar refractivity (Wildman–Crippen MR) is 72.7 cm³/mol. The van der Waals surface area contributed by atoms with Crippen molar-refractivity contribution in [3.8, 4) is 0 Å². The number of carbonyl (C=O) groups excluding carboxylic acids is 1. The molecule has 4 bridgehead atoms. The number of hydrogen-bond acceptors (Lipinski definition) is 3. The van der Waals surface area contributed by atoms with E-state index in [9.17, 15) is 4.79 Å². The van der Waals surface area contributed by atoms with Gasteiger partial charge in [-0.2, -0.15) is 0 Å². The Kier molecular flexibility index (Phi) is 3.01. The van der Waals surface area contributed by atoms with E-state index in [-0.39, 0.29) is 17.2 Å². The molecular formula is C16H24O3. The summed E-state index contributed by atoms with van der Waals surface area (Å²) in [6, 6.07) is 0. The highest BCUT2D eigenvalue weighted by Gasteiger charge is 2.60. The molecule has 4 rings (SSSR count). The molecule has 0 aromatic rings. The molecule has 2 unspecified atom stereocenters. The highest BCUT2D eigenvalue weighted by molar-refractivity contribution is 5.87. The van der Waals surface area contributed by atoms with Crippen LogP contribution in [0.3, 0.4) is 0 Å². The van der Waals surface area contributed by atoms with Crippen LogP contribution in [0.25, 0.3) is 0 Å². The van der Waals surface area contributed by atoms with Crippen LogP contribution in [0.2, 0.25) is 0 Å². The summed E-state index contributed by atoms with van der Waals surface area (Å²) in [6.45, 7) is 8.24. The second-order valence-electron chi connectivity index (χ2n) is 6.93. The summed E-state index contributed by atoms with van der Waals surface area (Å²) in [5, 5.41) is 0. The Hall–Kier alpha value is -0.830. The molecule has 19 heavy (non-hydrogen) atoms. The van der Waals surface area contributed by atoms with Gasteiger partial charge >= 0.3 is 5.97 Å². The molecule has 3 nitrogen and oxygen atoms in total. The third-order valence-corrected chi connectivity index (χ3v) is 5.06. The number of hydrogen-bond donors (Lipinski definition) is 0. The Balaban J connectivity index is 1.83. The maximum absolute atomic E-state index is 11.9. The maximum Gasteiger partial charge on any atom is 0.333 e. The van der Waals surface area contributed by atoms with Gasteiger partial charge in [0.05, 0.1) is 5.60 Å². The normalized spacial score (nSPS) is 43.3. The van der Waals surface area contributed by atoms with Crippen molar-refractivity contribution < 1.29 is 14.3 Å². The molecule has 4 fully saturated rings. The van der Waals surface area contributed by atoms with E-state index in [1.807, 2.05) is 0 Å². The monoisotopic (exact) mass is 264 g/mol. The van der Waals surface area contributed by atoms with Gasteiger partial charge in [0, 0.05) is 18.6 Å². The van der Waals surface area contributed by atoms with E-state index in [2.05, 4.69) is 13.5 Å². The van der Waals surface area contributed by atoms with Gasteiger partial charge in [-0.15, -0.1) is 0 Å². The van der Waals surface area contributed by atoms with Crippen LogP contribution in [0.15, 0.2) is 12.2 Å². The van der Waals surface area contributed by atoms with E-state index < -0.39 is 0 Å². The van der Waals surface area contributed by atoms with Crippen LogP contribution < -0.4 is 0 Å². The van der Waals surface area contributed by atoms with E-state index in [4.69, 9.17) is 9.47 Å². The first-order valence-corrected chi connectivity index (χ1v) is 7.49. The van der Waals surface area contributed by atoms with Crippen molar-refractivity contribution in [3.05, 3.63) is 12.2 Å². The second kappa shape index (κ2) is 4.34. The molecule has 0 saturated heterocycles. The van der Waals surface area contributed by atoms with Crippen LogP contribution in [0.4, 0.5) is 0 Å². The van der Waals surface area contributed by atoms with Crippen LogP contribution in [-0.4, -0.2) is 23.8 Å². The van der Waals surface area contributed by atoms with Gasteiger partial charge in [-0.25, -0.2) is 4.79 Å². The molecule has 0 aromatic carbocycles. The largest absolute Gasteiger partial charge is 0.456 e. The van der Waals surface area contributed by atoms with Crippen molar-refractivity contribution in [3.63, 3.8) is 0 Å². The van der Waals surface area contributed by atoms with E-state index in [1.54, 1.807) is 6.92 Å². The Morgan fingerprint density at radius 3 is 2.32 bits per heavy atom. The zero-order valence-electron chi connectivity index (χ0n) is 12.0. The molecule has 4 aliphatic rings. The molecule has 106 valence electrons. The quantitative estimate of drug-likeness (QED) is 0.577. The van der Waals surface area contributed by atoms with E-state index >= 15 is 0 Å². The van der Waals surface area contributed by atoms with Crippen molar-refractivity contribution in [2.24, 2.45) is 11.8 Å². The lowest BCUT2D eigenvalue weighted by Gasteiger charge is -2.60. The standard InChI is InChI=1S/C16H24O3/c1-4-18-15-6-12-5-13(7-15)9-16(8-12,10-15)19-14(17)11(2)3/h12-13H,2,4-10H2,1,3H3. The predicted octanol–water partition coefficient (Wildman–Crippen LogP) is 3.23. The van der Waals surface area contributed by atoms with E-state index in [0.717, 1.165) is 38.7 Å². The summed E-state index contributed by atoms with van der Waals surface area (Å²) in [7, 11) is 0. The van der Waals surface area contributed by atoms with Gasteiger partial charge < -0.3 is 9.47 Å². The maximum atomic E-state index is 11.9. The van der Waals surface area contributed by atoms with Crippen LogP contribution in [0.1, 0.15) is 52.4 Å². The Morgan fingerprint density at radius 2 is 1.79 bits per heavy atom. The van der Waals surface area contributed by atoms with Gasteiger partial charge in [0.2, 0.25) is 0 Å². The fourth-order valence-electron chi connectivity index (χ4n) is 4.97. The Bertz CT molecular complexity index is 398. The zero-order valence-corrected chi connectivity index (χ0v) is 12.0. The molecule has 4 aliphatic carbocycles. The van der Waals surface area contributed by atoms with Gasteiger partial charge in [-0.1, -0.05) is 6.58 Å². The Morgan fingerprint density at radius 1 is 1.21 bits per heavy atom. The van der Waals surface area contributed by atoms with Crippen LogP contribution in [-0.2, 0) is 14.3 Å². The van der Waals surface area contributed by atoms with Crippen LogP contribution >= 0.6 is 0 Å². The molecule has 0 N–H and O–H groups in total. The van der Waals surface area contributed by atoms with Crippen molar-refractivity contribution in [2.75, 3.05) is 6.61 Å². The number of carbonyl (C=O) groups is 1. The lowest BCUT2D eigenvalue weighted by Crippen LogP contribution is -2.61. The second-order valence-corrected chi connectivity index (χ2v) is 6.93. The first-order valence-electron chi connectivity index (χ1n) is 7.49. The molecule has 0 aliphatic heterocycles. The third-order valence-electron chi connectivity index (χ3n) is 5.06. The molecule has 0 amide bonds. The van der Waals surface area contributed by atoms with Crippen LogP contribution in [0, 0.1) is 11.8 Å². The van der Waals surface area contributed by atoms with Crippen molar-refractivity contribution in [1.82, 2.24) is 0 Å². The molecular weight excluding hydrogens is 240 g/mol. The number of rotatable bonds is 4. The summed E-state index contributed by atoms with van der Waals surface area (Å²) >= 11 is 0. The number of esters is 1. The van der Waals surface area contributed by atoms with Gasteiger partial charge in [0.1, 0.15) is 5.60 Å². The summed E-state index contributed by atoms with van der Waals surface area (Å²) in [5.74, 6) is 1.12. The minimum absolute atomic E-state index is 0.0197. The third kappa shape index (κ3) is 2.22. The highest BCUT2D eigenvalue weighted by Crippen LogP contribution is 2.60. The SMILES string of the molecule is C=C(C)C(=O)OC12CC3CC(CC(OCC)(C3)C1)C2. The summed E-state index contributed by atoms with van der Waals surface area (Å²) < 4.78 is 12.0. The smallest absolute Gasteiger partial charge is 0.333 e. The van der Waals surface area contributed by atoms with Gasteiger partial charge in [0.25, 0.3) is 0 Å². The van der Waals surface area contributed by atoms with Crippen molar-refractivity contribution in [1.29, 1.82) is 0 Å². The lowest BCUT2D eigenvalue weighted by molar-refractivity contribution is -0.230. The minimum atomic E-state index is -0.269. The molecule has 4 saturated carbocycles. The van der Waals surface area contributed by atoms with E-state index in [1.165, 1.54) is 6.42 Å². The average Bonchev–Trinajstić information content (AvgIpc) is 2.25. The minimum Gasteiger partial charge on any atom is -0.456 e. The van der Waals surface area contributed by atoms with E-state index in [0.29, 0.717) is 17.4 Å². The topological polar surface area (TPSA) is 35.5 Å². The molecule has 3 heteroatoms. The molecule has 2 atom stereocenters. The zero-order chi connectivity index (χ0) is 13.7. The van der Waals surface area contributed by atoms with Crippen molar-refractivity contribution >= 4 is 5.97 Å². The fraction of sp³-hybridized carbons (Fsp3) is 0.812. The Labute approximate surface area is 115 Å². The first kappa shape index (κ1) is 13.2. The summed E-state index contributed by atoms with van der Waals surface area (Å²) in [6.07, 6.45) is 6.54. The average molecular weight is 264 g/mol. The highest BCUT2D eigenvalue weighted by atomic mass is 16.6. The van der Waals surface area contributed by atoms with Crippen molar-refractivity contribution in [2.45, 2.75) is 63.6 Å². The number of ether oxygens (including phenoxy) is 2. The lowest BCUT2D eigenvalue weighted by atomic mass is 9.52.